The van der Waals surface area contributed by atoms with Gasteiger partial charge in [0, 0.05) is 0 Å². The lowest BCUT2D eigenvalue weighted by atomic mass is 9.60. The second kappa shape index (κ2) is 4.23. The van der Waals surface area contributed by atoms with Crippen LogP contribution in [0.1, 0.15) is 59.8 Å². The fourth-order valence-electron chi connectivity index (χ4n) is 5.61. The zero-order valence-electron chi connectivity index (χ0n) is 12.5. The van der Waals surface area contributed by atoms with Gasteiger partial charge >= 0.3 is 0 Å². The minimum atomic E-state index is -0.0154. The molecule has 104 valence electrons. The second-order valence-corrected chi connectivity index (χ2v) is 8.17. The summed E-state index contributed by atoms with van der Waals surface area (Å²) in [5, 5.41) is 10.5. The zero-order valence-corrected chi connectivity index (χ0v) is 12.5. The van der Waals surface area contributed by atoms with Crippen LogP contribution in [0.2, 0.25) is 0 Å². The van der Waals surface area contributed by atoms with Crippen molar-refractivity contribution in [2.45, 2.75) is 65.9 Å². The summed E-state index contributed by atoms with van der Waals surface area (Å²) in [6.45, 7) is 9.66. The number of aliphatic hydroxyl groups excluding tert-OH is 1. The lowest BCUT2D eigenvalue weighted by Crippen LogP contribution is -2.42. The molecule has 3 aliphatic rings. The summed E-state index contributed by atoms with van der Waals surface area (Å²) in [5.74, 6) is 4.65. The van der Waals surface area contributed by atoms with Crippen molar-refractivity contribution in [1.29, 1.82) is 0 Å². The Labute approximate surface area is 112 Å². The Morgan fingerprint density at radius 3 is 2.22 bits per heavy atom. The van der Waals surface area contributed by atoms with Gasteiger partial charge < -0.3 is 5.11 Å². The van der Waals surface area contributed by atoms with Crippen LogP contribution in [0.25, 0.3) is 0 Å². The topological polar surface area (TPSA) is 20.2 Å². The van der Waals surface area contributed by atoms with Crippen LogP contribution in [0.3, 0.4) is 0 Å². The maximum absolute atomic E-state index is 10.5. The van der Waals surface area contributed by atoms with Crippen LogP contribution in [-0.4, -0.2) is 11.2 Å². The molecule has 3 fully saturated rings. The van der Waals surface area contributed by atoms with Gasteiger partial charge in [-0.05, 0) is 66.6 Å². The first-order valence-corrected chi connectivity index (χ1v) is 8.11. The van der Waals surface area contributed by atoms with Crippen molar-refractivity contribution in [2.75, 3.05) is 0 Å². The molecule has 3 saturated carbocycles. The van der Waals surface area contributed by atoms with Crippen molar-refractivity contribution in [3.05, 3.63) is 0 Å². The quantitative estimate of drug-likeness (QED) is 0.743. The predicted molar refractivity (Wildman–Crippen MR) is 75.2 cm³/mol. The van der Waals surface area contributed by atoms with Crippen LogP contribution >= 0.6 is 0 Å². The van der Waals surface area contributed by atoms with Crippen LogP contribution in [0, 0.1) is 40.9 Å². The van der Waals surface area contributed by atoms with Gasteiger partial charge in [-0.1, -0.05) is 34.1 Å². The molecule has 0 heterocycles. The van der Waals surface area contributed by atoms with E-state index >= 15 is 0 Å². The number of fused-ring (bicyclic) bond motifs is 2. The standard InChI is InChI=1S/C17H30O/c1-10-6-5-7-13(16(10)18)15-9-12-8-14(15)11(2)17(12,3)4/h10-16,18H,5-9H2,1-4H3/t10-,11+,12-,13-,14-,15-,16+/m1/s1. The van der Waals surface area contributed by atoms with E-state index in [0.717, 1.165) is 23.7 Å². The normalized spacial score (nSPS) is 54.8. The Morgan fingerprint density at radius 2 is 1.61 bits per heavy atom. The van der Waals surface area contributed by atoms with Crippen molar-refractivity contribution in [3.8, 4) is 0 Å². The molecule has 3 aliphatic carbocycles. The molecule has 0 aromatic carbocycles. The molecule has 0 aromatic heterocycles. The first-order valence-electron chi connectivity index (χ1n) is 8.11. The number of hydrogen-bond donors (Lipinski definition) is 1. The monoisotopic (exact) mass is 250 g/mol. The average molecular weight is 250 g/mol. The van der Waals surface area contributed by atoms with Crippen molar-refractivity contribution in [2.24, 2.45) is 40.9 Å². The summed E-state index contributed by atoms with van der Waals surface area (Å²) in [4.78, 5) is 0. The maximum Gasteiger partial charge on any atom is 0.0596 e. The van der Waals surface area contributed by atoms with E-state index < -0.39 is 0 Å². The molecule has 0 unspecified atom stereocenters. The fraction of sp³-hybridized carbons (Fsp3) is 1.00. The van der Waals surface area contributed by atoms with Crippen LogP contribution in [0.15, 0.2) is 0 Å². The number of rotatable bonds is 1. The van der Waals surface area contributed by atoms with Gasteiger partial charge in [0.15, 0.2) is 0 Å². The minimum absolute atomic E-state index is 0.0154. The van der Waals surface area contributed by atoms with E-state index in [1.54, 1.807) is 0 Å². The Balaban J connectivity index is 1.76. The van der Waals surface area contributed by atoms with E-state index in [4.69, 9.17) is 0 Å². The molecule has 3 rings (SSSR count). The summed E-state index contributed by atoms with van der Waals surface area (Å²) in [6.07, 6.45) is 6.69. The maximum atomic E-state index is 10.5. The van der Waals surface area contributed by atoms with Crippen LogP contribution in [0.4, 0.5) is 0 Å². The van der Waals surface area contributed by atoms with E-state index in [1.165, 1.54) is 32.1 Å². The van der Waals surface area contributed by atoms with Gasteiger partial charge in [0.05, 0.1) is 6.10 Å². The van der Waals surface area contributed by atoms with Gasteiger partial charge in [-0.25, -0.2) is 0 Å². The molecule has 7 atom stereocenters. The zero-order chi connectivity index (χ0) is 13.1. The van der Waals surface area contributed by atoms with Gasteiger partial charge in [-0.3, -0.25) is 0 Å². The first-order chi connectivity index (χ1) is 8.43. The summed E-state index contributed by atoms with van der Waals surface area (Å²) >= 11 is 0. The van der Waals surface area contributed by atoms with E-state index in [-0.39, 0.29) is 6.10 Å². The summed E-state index contributed by atoms with van der Waals surface area (Å²) in [5.41, 5.74) is 0.548. The third-order valence-electron chi connectivity index (χ3n) is 7.30. The minimum Gasteiger partial charge on any atom is -0.393 e. The van der Waals surface area contributed by atoms with E-state index in [9.17, 15) is 5.11 Å². The highest BCUT2D eigenvalue weighted by atomic mass is 16.3. The Kier molecular flexibility index (Phi) is 3.05. The highest BCUT2D eigenvalue weighted by Gasteiger charge is 2.57. The van der Waals surface area contributed by atoms with Gasteiger partial charge in [-0.15, -0.1) is 0 Å². The molecule has 0 aliphatic heterocycles. The van der Waals surface area contributed by atoms with E-state index in [1.807, 2.05) is 0 Å². The SMILES string of the molecule is C[C@@H]1CCC[C@H]([C@H]2C[C@H]3C[C@@H]2[C@H](C)C3(C)C)[C@H]1O. The van der Waals surface area contributed by atoms with Crippen LogP contribution < -0.4 is 0 Å². The second-order valence-electron chi connectivity index (χ2n) is 8.17. The Morgan fingerprint density at radius 1 is 0.944 bits per heavy atom. The average Bonchev–Trinajstić information content (AvgIpc) is 2.83. The van der Waals surface area contributed by atoms with Crippen molar-refractivity contribution >= 4 is 0 Å². The van der Waals surface area contributed by atoms with Crippen molar-refractivity contribution in [1.82, 2.24) is 0 Å². The summed E-state index contributed by atoms with van der Waals surface area (Å²) in [6, 6.07) is 0. The molecule has 0 aromatic rings. The number of aliphatic hydroxyl groups is 1. The molecular formula is C17H30O. The highest BCUT2D eigenvalue weighted by Crippen LogP contribution is 2.64. The largest absolute Gasteiger partial charge is 0.393 e. The van der Waals surface area contributed by atoms with Gasteiger partial charge in [0.25, 0.3) is 0 Å². The third kappa shape index (κ3) is 1.69. The van der Waals surface area contributed by atoms with Crippen molar-refractivity contribution < 1.29 is 5.11 Å². The van der Waals surface area contributed by atoms with Crippen molar-refractivity contribution in [3.63, 3.8) is 0 Å². The molecule has 0 saturated heterocycles. The number of hydrogen-bond acceptors (Lipinski definition) is 1. The summed E-state index contributed by atoms with van der Waals surface area (Å²) < 4.78 is 0. The van der Waals surface area contributed by atoms with E-state index in [2.05, 4.69) is 27.7 Å². The first kappa shape index (κ1) is 13.0. The molecule has 1 nitrogen and oxygen atoms in total. The smallest absolute Gasteiger partial charge is 0.0596 e. The van der Waals surface area contributed by atoms with Gasteiger partial charge in [0.2, 0.25) is 0 Å². The Hall–Kier alpha value is -0.0400. The molecule has 1 N–H and O–H groups in total. The van der Waals surface area contributed by atoms with Gasteiger partial charge in [0.1, 0.15) is 0 Å². The Bertz CT molecular complexity index is 318. The lowest BCUT2D eigenvalue weighted by molar-refractivity contribution is -0.0365. The molecule has 0 spiro atoms. The third-order valence-corrected chi connectivity index (χ3v) is 7.30. The molecular weight excluding hydrogens is 220 g/mol. The van der Waals surface area contributed by atoms with Crippen LogP contribution in [-0.2, 0) is 0 Å². The molecule has 1 heteroatoms. The molecule has 2 bridgehead atoms. The molecule has 18 heavy (non-hydrogen) atoms. The van der Waals surface area contributed by atoms with E-state index in [0.29, 0.717) is 17.3 Å². The van der Waals surface area contributed by atoms with Crippen LogP contribution in [0.5, 0.6) is 0 Å². The molecule has 0 amide bonds. The highest BCUT2D eigenvalue weighted by molar-refractivity contribution is 5.06. The lowest BCUT2D eigenvalue weighted by Gasteiger charge is -2.46. The predicted octanol–water partition coefficient (Wildman–Crippen LogP) is 4.10. The van der Waals surface area contributed by atoms with Gasteiger partial charge in [-0.2, -0.15) is 0 Å². The summed E-state index contributed by atoms with van der Waals surface area (Å²) in [7, 11) is 0. The fourth-order valence-corrected chi connectivity index (χ4v) is 5.61. The molecule has 0 radical (unpaired) electrons.